The lowest BCUT2D eigenvalue weighted by atomic mass is 9.81. The summed E-state index contributed by atoms with van der Waals surface area (Å²) in [5.41, 5.74) is 6.63. The molecule has 1 fully saturated rings. The van der Waals surface area contributed by atoms with Crippen molar-refractivity contribution in [1.29, 1.82) is 0 Å². The fourth-order valence-corrected chi connectivity index (χ4v) is 8.74. The molecule has 0 unspecified atom stereocenters. The highest BCUT2D eigenvalue weighted by Crippen LogP contribution is 2.45. The third-order valence-corrected chi connectivity index (χ3v) is 10.2. The van der Waals surface area contributed by atoms with Crippen molar-refractivity contribution in [3.05, 3.63) is 45.8 Å². The van der Waals surface area contributed by atoms with Crippen LogP contribution in [-0.2, 0) is 22.0 Å². The van der Waals surface area contributed by atoms with Gasteiger partial charge in [-0.25, -0.2) is 8.42 Å². The van der Waals surface area contributed by atoms with Crippen LogP contribution in [-0.4, -0.2) is 43.2 Å². The number of benzene rings is 1. The van der Waals surface area contributed by atoms with E-state index < -0.39 is 27.4 Å². The first-order valence-corrected chi connectivity index (χ1v) is 14.5. The van der Waals surface area contributed by atoms with Crippen LogP contribution in [0.2, 0.25) is 0 Å². The highest BCUT2D eigenvalue weighted by Gasteiger charge is 2.41. The lowest BCUT2D eigenvalue weighted by Crippen LogP contribution is -2.55. The molecule has 36 heavy (non-hydrogen) atoms. The van der Waals surface area contributed by atoms with E-state index in [1.807, 2.05) is 13.8 Å². The summed E-state index contributed by atoms with van der Waals surface area (Å²) in [5, 5.41) is 6.86. The predicted octanol–water partition coefficient (Wildman–Crippen LogP) is 3.93. The van der Waals surface area contributed by atoms with Crippen LogP contribution in [0.15, 0.2) is 29.2 Å². The zero-order valence-electron chi connectivity index (χ0n) is 21.8. The van der Waals surface area contributed by atoms with Gasteiger partial charge in [-0.1, -0.05) is 13.8 Å². The van der Waals surface area contributed by atoms with Crippen LogP contribution in [0.1, 0.15) is 79.1 Å². The number of nitrogens with two attached hydrogens (primary N) is 1. The van der Waals surface area contributed by atoms with Gasteiger partial charge in [-0.15, -0.1) is 11.3 Å². The summed E-state index contributed by atoms with van der Waals surface area (Å²) in [7, 11) is -3.64. The van der Waals surface area contributed by atoms with Gasteiger partial charge in [-0.2, -0.15) is 4.31 Å². The third-order valence-electron chi connectivity index (χ3n) is 6.91. The van der Waals surface area contributed by atoms with Gasteiger partial charge in [0.05, 0.1) is 10.5 Å². The third kappa shape index (κ3) is 5.09. The van der Waals surface area contributed by atoms with E-state index >= 15 is 0 Å². The number of nitrogens with zero attached hydrogens (tertiary/aromatic N) is 1. The number of piperidine rings is 1. The van der Waals surface area contributed by atoms with E-state index in [-0.39, 0.29) is 10.4 Å². The van der Waals surface area contributed by atoms with Crippen LogP contribution in [0.25, 0.3) is 0 Å². The van der Waals surface area contributed by atoms with Gasteiger partial charge in [0.15, 0.2) is 0 Å². The Morgan fingerprint density at radius 2 is 1.67 bits per heavy atom. The number of carbonyl (C=O) groups excluding carboxylic acids is 2. The zero-order chi connectivity index (χ0) is 26.6. The molecule has 2 amide bonds. The van der Waals surface area contributed by atoms with Gasteiger partial charge in [0.2, 0.25) is 10.0 Å². The van der Waals surface area contributed by atoms with E-state index in [2.05, 4.69) is 38.3 Å². The molecule has 196 valence electrons. The molecule has 0 bridgehead atoms. The molecule has 3 heterocycles. The Morgan fingerprint density at radius 1 is 1.08 bits per heavy atom. The fraction of sp³-hybridized carbons (Fsp3) is 0.538. The number of primary amides is 1. The van der Waals surface area contributed by atoms with E-state index in [0.29, 0.717) is 47.5 Å². The Morgan fingerprint density at radius 3 is 2.22 bits per heavy atom. The topological polar surface area (TPSA) is 122 Å². The van der Waals surface area contributed by atoms with Crippen molar-refractivity contribution >= 4 is 38.2 Å². The van der Waals surface area contributed by atoms with Gasteiger partial charge in [0.1, 0.15) is 5.00 Å². The summed E-state index contributed by atoms with van der Waals surface area (Å²) in [6, 6.07) is 5.95. The van der Waals surface area contributed by atoms with Crippen LogP contribution < -0.4 is 16.4 Å². The number of anilines is 1. The first-order valence-electron chi connectivity index (χ1n) is 12.3. The summed E-state index contributed by atoms with van der Waals surface area (Å²) < 4.78 is 27.9. The molecule has 1 saturated heterocycles. The highest BCUT2D eigenvalue weighted by molar-refractivity contribution is 7.89. The smallest absolute Gasteiger partial charge is 0.256 e. The number of amides is 2. The minimum Gasteiger partial charge on any atom is -0.365 e. The molecule has 0 spiro atoms. The number of rotatable bonds is 5. The van der Waals surface area contributed by atoms with Crippen molar-refractivity contribution in [3.63, 3.8) is 0 Å². The Hall–Kier alpha value is -2.27. The molecule has 2 atom stereocenters. The minimum atomic E-state index is -3.64. The largest absolute Gasteiger partial charge is 0.365 e. The van der Waals surface area contributed by atoms with E-state index in [9.17, 15) is 18.0 Å². The van der Waals surface area contributed by atoms with Crippen molar-refractivity contribution in [2.24, 2.45) is 17.6 Å². The van der Waals surface area contributed by atoms with Crippen molar-refractivity contribution < 1.29 is 18.0 Å². The molecule has 2 aliphatic heterocycles. The second kappa shape index (κ2) is 9.24. The van der Waals surface area contributed by atoms with Gasteiger partial charge in [-0.05, 0) is 82.2 Å². The molecule has 10 heteroatoms. The number of carbonyl (C=O) groups is 2. The van der Waals surface area contributed by atoms with Crippen molar-refractivity contribution in [2.75, 3.05) is 18.4 Å². The van der Waals surface area contributed by atoms with Gasteiger partial charge < -0.3 is 16.4 Å². The maximum absolute atomic E-state index is 13.2. The molecule has 1 aromatic carbocycles. The molecule has 2 aromatic rings. The number of hydrogen-bond donors (Lipinski definition) is 3. The normalized spacial score (nSPS) is 23.6. The van der Waals surface area contributed by atoms with Crippen LogP contribution in [0.4, 0.5) is 5.00 Å². The fourth-order valence-electron chi connectivity index (χ4n) is 5.78. The van der Waals surface area contributed by atoms with E-state index in [4.69, 9.17) is 5.73 Å². The number of hydrogen-bond acceptors (Lipinski definition) is 6. The van der Waals surface area contributed by atoms with E-state index in [0.717, 1.165) is 16.9 Å². The predicted molar refractivity (Wildman–Crippen MR) is 143 cm³/mol. The van der Waals surface area contributed by atoms with Gasteiger partial charge in [0.25, 0.3) is 11.8 Å². The quantitative estimate of drug-likeness (QED) is 0.539. The van der Waals surface area contributed by atoms with Crippen molar-refractivity contribution in [2.45, 2.75) is 70.4 Å². The molecular weight excluding hydrogens is 496 g/mol. The number of nitrogens with one attached hydrogen (secondary N) is 2. The molecule has 0 saturated carbocycles. The first-order chi connectivity index (χ1) is 16.6. The Kier molecular flexibility index (Phi) is 6.87. The standard InChI is InChI=1S/C26H36N4O4S2/c1-15-11-16(2)14-30(13-15)36(33,34)18-9-7-17(8-10-18)23(32)28-24-20(22(27)31)19-12-25(3,4)29-26(5,6)21(19)35-24/h7-10,15-16,29H,11-14H2,1-6H3,(H2,27,31)(H,28,32)/t15-,16-/m1/s1. The summed E-state index contributed by atoms with van der Waals surface area (Å²) >= 11 is 1.35. The van der Waals surface area contributed by atoms with Gasteiger partial charge in [-0.3, -0.25) is 9.59 Å². The highest BCUT2D eigenvalue weighted by atomic mass is 32.2. The number of thiophene rings is 1. The van der Waals surface area contributed by atoms with Crippen LogP contribution in [0.5, 0.6) is 0 Å². The van der Waals surface area contributed by atoms with Crippen molar-refractivity contribution in [3.8, 4) is 0 Å². The number of fused-ring (bicyclic) bond motifs is 1. The second-order valence-corrected chi connectivity index (χ2v) is 14.5. The molecule has 4 rings (SSSR count). The zero-order valence-corrected chi connectivity index (χ0v) is 23.4. The Balaban J connectivity index is 1.59. The maximum Gasteiger partial charge on any atom is 0.256 e. The average Bonchev–Trinajstić information content (AvgIpc) is 3.10. The molecule has 0 aliphatic carbocycles. The average molecular weight is 533 g/mol. The summed E-state index contributed by atoms with van der Waals surface area (Å²) in [6.45, 7) is 13.3. The summed E-state index contributed by atoms with van der Waals surface area (Å²) in [5.74, 6) is -0.404. The van der Waals surface area contributed by atoms with Crippen molar-refractivity contribution in [1.82, 2.24) is 9.62 Å². The lowest BCUT2D eigenvalue weighted by Gasteiger charge is -2.42. The Labute approximate surface area is 217 Å². The van der Waals surface area contributed by atoms with Crippen LogP contribution >= 0.6 is 11.3 Å². The minimum absolute atomic E-state index is 0.166. The molecule has 1 aromatic heterocycles. The Bertz CT molecular complexity index is 1290. The monoisotopic (exact) mass is 532 g/mol. The summed E-state index contributed by atoms with van der Waals surface area (Å²) in [6.07, 6.45) is 1.62. The van der Waals surface area contributed by atoms with E-state index in [1.54, 1.807) is 0 Å². The maximum atomic E-state index is 13.2. The second-order valence-electron chi connectivity index (χ2n) is 11.5. The van der Waals surface area contributed by atoms with Crippen LogP contribution in [0, 0.1) is 11.8 Å². The van der Waals surface area contributed by atoms with Crippen LogP contribution in [0.3, 0.4) is 0 Å². The SMILES string of the molecule is C[C@@H]1C[C@@H](C)CN(S(=O)(=O)c2ccc(C(=O)Nc3sc4c(c3C(N)=O)CC(C)(C)NC4(C)C)cc2)C1. The van der Waals surface area contributed by atoms with E-state index in [1.165, 1.54) is 39.9 Å². The number of sulfonamides is 1. The molecular formula is C26H36N4O4S2. The summed E-state index contributed by atoms with van der Waals surface area (Å²) in [4.78, 5) is 26.7. The van der Waals surface area contributed by atoms with Gasteiger partial charge >= 0.3 is 0 Å². The molecule has 0 radical (unpaired) electrons. The first kappa shape index (κ1) is 26.8. The molecule has 2 aliphatic rings. The molecule has 4 N–H and O–H groups in total. The molecule has 8 nitrogen and oxygen atoms in total. The van der Waals surface area contributed by atoms with Gasteiger partial charge in [0, 0.05) is 34.6 Å². The lowest BCUT2D eigenvalue weighted by molar-refractivity contribution is 0.0999.